The Morgan fingerprint density at radius 1 is 1.40 bits per heavy atom. The fraction of sp³-hybridized carbons (Fsp3) is 0.909. The molecule has 1 fully saturated rings. The van der Waals surface area contributed by atoms with Gasteiger partial charge in [0.05, 0.1) is 13.2 Å². The number of morpholine rings is 1. The summed E-state index contributed by atoms with van der Waals surface area (Å²) in [4.78, 5) is 12.5. The molecule has 1 heterocycles. The fourth-order valence-corrected chi connectivity index (χ4v) is 1.00. The third-order valence-electron chi connectivity index (χ3n) is 1.99. The number of hydrogen-bond donors (Lipinski definition) is 1. The molecule has 0 atom stereocenters. The summed E-state index contributed by atoms with van der Waals surface area (Å²) in [6, 6.07) is 0. The van der Waals surface area contributed by atoms with Gasteiger partial charge < -0.3 is 15.0 Å². The van der Waals surface area contributed by atoms with E-state index in [0.29, 0.717) is 5.92 Å². The predicted molar refractivity (Wildman–Crippen MR) is 61.8 cm³/mol. The second kappa shape index (κ2) is 8.68. The first-order valence-corrected chi connectivity index (χ1v) is 5.53. The van der Waals surface area contributed by atoms with Gasteiger partial charge in [-0.2, -0.15) is 0 Å². The van der Waals surface area contributed by atoms with Crippen molar-refractivity contribution in [2.24, 2.45) is 5.92 Å². The van der Waals surface area contributed by atoms with Gasteiger partial charge in [0.15, 0.2) is 0 Å². The van der Waals surface area contributed by atoms with Crippen LogP contribution in [0, 0.1) is 5.92 Å². The normalized spacial score (nSPS) is 16.9. The number of amides is 1. The van der Waals surface area contributed by atoms with Crippen LogP contribution in [0.25, 0.3) is 0 Å². The fourth-order valence-electron chi connectivity index (χ4n) is 1.00. The van der Waals surface area contributed by atoms with Gasteiger partial charge in [-0.25, -0.2) is 0 Å². The average molecular weight is 216 g/mol. The van der Waals surface area contributed by atoms with Gasteiger partial charge in [-0.1, -0.05) is 13.8 Å². The number of ether oxygens (including phenoxy) is 1. The number of likely N-dealkylation sites (N-methyl/N-ethyl adjacent to an activating group) is 1. The van der Waals surface area contributed by atoms with E-state index in [0.717, 1.165) is 32.8 Å². The monoisotopic (exact) mass is 216 g/mol. The van der Waals surface area contributed by atoms with Crippen LogP contribution >= 0.6 is 0 Å². The van der Waals surface area contributed by atoms with Crippen molar-refractivity contribution in [1.29, 1.82) is 0 Å². The second-order valence-corrected chi connectivity index (χ2v) is 4.25. The lowest BCUT2D eigenvalue weighted by Gasteiger charge is -2.21. The Morgan fingerprint density at radius 2 is 1.93 bits per heavy atom. The molecule has 1 aliphatic rings. The van der Waals surface area contributed by atoms with Crippen LogP contribution in [0.1, 0.15) is 20.8 Å². The quantitative estimate of drug-likeness (QED) is 0.740. The summed E-state index contributed by atoms with van der Waals surface area (Å²) in [5, 5.41) is 2.71. The minimum atomic E-state index is 0.0544. The highest BCUT2D eigenvalue weighted by Crippen LogP contribution is 1.89. The zero-order valence-corrected chi connectivity index (χ0v) is 10.4. The number of carbonyl (C=O) groups is 1. The molecule has 0 radical (unpaired) electrons. The van der Waals surface area contributed by atoms with Crippen molar-refractivity contribution >= 4 is 5.91 Å². The summed E-state index contributed by atoms with van der Waals surface area (Å²) in [6.07, 6.45) is 0. The van der Waals surface area contributed by atoms with E-state index in [1.54, 1.807) is 0 Å². The number of nitrogens with zero attached hydrogens (tertiary/aromatic N) is 1. The van der Waals surface area contributed by atoms with Gasteiger partial charge in [0, 0.05) is 26.6 Å². The van der Waals surface area contributed by atoms with Crippen LogP contribution in [0.4, 0.5) is 0 Å². The van der Waals surface area contributed by atoms with Crippen LogP contribution in [0.15, 0.2) is 0 Å². The van der Waals surface area contributed by atoms with Gasteiger partial charge in [0.2, 0.25) is 5.91 Å². The molecule has 0 bridgehead atoms. The summed E-state index contributed by atoms with van der Waals surface area (Å²) in [6.45, 7) is 10.5. The van der Waals surface area contributed by atoms with Crippen molar-refractivity contribution in [3.63, 3.8) is 0 Å². The second-order valence-electron chi connectivity index (χ2n) is 4.25. The molecule has 1 amide bonds. The minimum absolute atomic E-state index is 0.0544. The molecule has 0 unspecified atom stereocenters. The largest absolute Gasteiger partial charge is 0.379 e. The summed E-state index contributed by atoms with van der Waals surface area (Å²) in [5.41, 5.74) is 0. The van der Waals surface area contributed by atoms with Crippen molar-refractivity contribution in [2.75, 3.05) is 39.9 Å². The third kappa shape index (κ3) is 11.3. The topological polar surface area (TPSA) is 41.6 Å². The first kappa shape index (κ1) is 14.4. The van der Waals surface area contributed by atoms with Gasteiger partial charge in [-0.15, -0.1) is 0 Å². The SMILES string of the molecule is CC(=O)NCC(C)C.CN1CCOCC1. The molecule has 0 aliphatic carbocycles. The van der Waals surface area contributed by atoms with E-state index in [4.69, 9.17) is 4.74 Å². The molecule has 1 saturated heterocycles. The van der Waals surface area contributed by atoms with Gasteiger partial charge >= 0.3 is 0 Å². The van der Waals surface area contributed by atoms with Gasteiger partial charge in [0.25, 0.3) is 0 Å². The lowest BCUT2D eigenvalue weighted by atomic mass is 10.2. The zero-order valence-electron chi connectivity index (χ0n) is 10.4. The van der Waals surface area contributed by atoms with Crippen LogP contribution in [0.3, 0.4) is 0 Å². The van der Waals surface area contributed by atoms with E-state index < -0.39 is 0 Å². The van der Waals surface area contributed by atoms with E-state index in [2.05, 4.69) is 31.1 Å². The lowest BCUT2D eigenvalue weighted by Crippen LogP contribution is -2.32. The van der Waals surface area contributed by atoms with Crippen molar-refractivity contribution < 1.29 is 9.53 Å². The lowest BCUT2D eigenvalue weighted by molar-refractivity contribution is -0.119. The van der Waals surface area contributed by atoms with Crippen molar-refractivity contribution in [2.45, 2.75) is 20.8 Å². The molecule has 0 aromatic heterocycles. The van der Waals surface area contributed by atoms with E-state index in [1.165, 1.54) is 6.92 Å². The number of hydrogen-bond acceptors (Lipinski definition) is 3. The third-order valence-corrected chi connectivity index (χ3v) is 1.99. The molecule has 15 heavy (non-hydrogen) atoms. The minimum Gasteiger partial charge on any atom is -0.379 e. The van der Waals surface area contributed by atoms with Crippen LogP contribution in [0.5, 0.6) is 0 Å². The van der Waals surface area contributed by atoms with Gasteiger partial charge in [-0.3, -0.25) is 4.79 Å². The van der Waals surface area contributed by atoms with E-state index >= 15 is 0 Å². The first-order chi connectivity index (χ1) is 7.02. The number of carbonyl (C=O) groups excluding carboxylic acids is 1. The molecule has 0 aromatic carbocycles. The maximum atomic E-state index is 10.2. The van der Waals surface area contributed by atoms with Crippen LogP contribution < -0.4 is 5.32 Å². The summed E-state index contributed by atoms with van der Waals surface area (Å²) < 4.78 is 5.10. The molecule has 4 nitrogen and oxygen atoms in total. The highest BCUT2D eigenvalue weighted by atomic mass is 16.5. The van der Waals surface area contributed by atoms with Crippen molar-refractivity contribution in [1.82, 2.24) is 10.2 Å². The summed E-state index contributed by atoms with van der Waals surface area (Å²) >= 11 is 0. The van der Waals surface area contributed by atoms with Gasteiger partial charge in [-0.05, 0) is 13.0 Å². The highest BCUT2D eigenvalue weighted by molar-refractivity contribution is 5.72. The molecule has 0 aromatic rings. The predicted octanol–water partition coefficient (Wildman–Crippen LogP) is 0.727. The van der Waals surface area contributed by atoms with Gasteiger partial charge in [0.1, 0.15) is 0 Å². The Bertz CT molecular complexity index is 166. The zero-order chi connectivity index (χ0) is 11.7. The van der Waals surface area contributed by atoms with Crippen molar-refractivity contribution in [3.05, 3.63) is 0 Å². The standard InChI is InChI=1S/C6H13NO.C5H11NO/c1-5(2)4-7-6(3)8;1-6-2-4-7-5-3-6/h5H,4H2,1-3H3,(H,7,8);2-5H2,1H3. The van der Waals surface area contributed by atoms with Crippen molar-refractivity contribution in [3.8, 4) is 0 Å². The molecular formula is C11H24N2O2. The molecule has 4 heteroatoms. The number of rotatable bonds is 2. The van der Waals surface area contributed by atoms with E-state index in [-0.39, 0.29) is 5.91 Å². The van der Waals surface area contributed by atoms with Crippen LogP contribution in [-0.4, -0.2) is 50.7 Å². The Kier molecular flexibility index (Phi) is 8.33. The first-order valence-electron chi connectivity index (χ1n) is 5.53. The molecule has 0 spiro atoms. The number of nitrogens with one attached hydrogen (secondary N) is 1. The van der Waals surface area contributed by atoms with E-state index in [1.807, 2.05) is 0 Å². The van der Waals surface area contributed by atoms with E-state index in [9.17, 15) is 4.79 Å². The maximum Gasteiger partial charge on any atom is 0.216 e. The molecule has 0 saturated carbocycles. The Balaban J connectivity index is 0.000000262. The van der Waals surface area contributed by atoms with Crippen LogP contribution in [0.2, 0.25) is 0 Å². The Labute approximate surface area is 93.0 Å². The summed E-state index contributed by atoms with van der Waals surface area (Å²) in [5.74, 6) is 0.609. The molecule has 1 rings (SSSR count). The Hall–Kier alpha value is -0.610. The van der Waals surface area contributed by atoms with Crippen LogP contribution in [-0.2, 0) is 9.53 Å². The average Bonchev–Trinajstić information content (AvgIpc) is 2.17. The molecule has 1 N–H and O–H groups in total. The molecule has 1 aliphatic heterocycles. The highest BCUT2D eigenvalue weighted by Gasteiger charge is 2.02. The maximum absolute atomic E-state index is 10.2. The Morgan fingerprint density at radius 3 is 2.13 bits per heavy atom. The molecular weight excluding hydrogens is 192 g/mol. The summed E-state index contributed by atoms with van der Waals surface area (Å²) in [7, 11) is 2.11. The smallest absolute Gasteiger partial charge is 0.216 e. The molecule has 90 valence electrons.